The van der Waals surface area contributed by atoms with Gasteiger partial charge in [0.25, 0.3) is 5.91 Å². The molecule has 1 rings (SSSR count). The van der Waals surface area contributed by atoms with Gasteiger partial charge in [-0.05, 0) is 85.8 Å². The van der Waals surface area contributed by atoms with E-state index in [2.05, 4.69) is 86.9 Å². The van der Waals surface area contributed by atoms with Crippen molar-refractivity contribution in [2.75, 3.05) is 6.54 Å². The Labute approximate surface area is 161 Å². The normalized spacial score (nSPS) is 12.6. The number of aliphatic hydroxyl groups excluding tert-OH is 1. The summed E-state index contributed by atoms with van der Waals surface area (Å²) in [6.45, 7) is 4.43. The van der Waals surface area contributed by atoms with Gasteiger partial charge in [0.15, 0.2) is 0 Å². The van der Waals surface area contributed by atoms with Gasteiger partial charge in [-0.2, -0.15) is 0 Å². The number of rotatable bonds is 6. The van der Waals surface area contributed by atoms with Crippen molar-refractivity contribution in [1.82, 2.24) is 5.32 Å². The highest BCUT2D eigenvalue weighted by atomic mass is 127. The summed E-state index contributed by atoms with van der Waals surface area (Å²) in [5, 5.41) is 12.9. The zero-order valence-corrected chi connectivity index (χ0v) is 17.9. The number of aliphatic hydroxyl groups is 1. The molecule has 6 heteroatoms. The van der Waals surface area contributed by atoms with Crippen LogP contribution in [0, 0.1) is 16.6 Å². The first-order chi connectivity index (χ1) is 9.40. The van der Waals surface area contributed by atoms with Crippen LogP contribution in [0.2, 0.25) is 0 Å². The molecule has 0 spiro atoms. The molecule has 1 unspecified atom stereocenters. The largest absolute Gasteiger partial charge is 0.391 e. The van der Waals surface area contributed by atoms with Crippen molar-refractivity contribution < 1.29 is 9.90 Å². The van der Waals surface area contributed by atoms with E-state index in [4.69, 9.17) is 0 Å². The molecule has 3 nitrogen and oxygen atoms in total. The van der Waals surface area contributed by atoms with E-state index in [1.807, 2.05) is 12.1 Å². The van der Waals surface area contributed by atoms with Crippen molar-refractivity contribution in [3.05, 3.63) is 28.4 Å². The minimum atomic E-state index is -0.478. The van der Waals surface area contributed by atoms with Crippen LogP contribution in [0.1, 0.15) is 37.0 Å². The standard InChI is InChI=1S/C14H18I3NO2/c1-3-8(4-2)12(19)7-18-14(20)10-5-9(15)6-11(16)13(10)17/h5-6,8,12,19H,3-4,7H2,1-2H3,(H,18,20). The molecule has 1 amide bonds. The molecular weight excluding hydrogens is 595 g/mol. The van der Waals surface area contributed by atoms with Crippen LogP contribution in [0.15, 0.2) is 12.1 Å². The molecule has 0 saturated heterocycles. The number of halogens is 3. The van der Waals surface area contributed by atoms with Gasteiger partial charge in [0.2, 0.25) is 0 Å². The molecular formula is C14H18I3NO2. The molecule has 20 heavy (non-hydrogen) atoms. The van der Waals surface area contributed by atoms with E-state index in [9.17, 15) is 9.90 Å². The number of nitrogens with one attached hydrogen (secondary N) is 1. The van der Waals surface area contributed by atoms with Crippen LogP contribution in [0.5, 0.6) is 0 Å². The fourth-order valence-corrected chi connectivity index (χ4v) is 4.41. The molecule has 2 N–H and O–H groups in total. The molecule has 0 aliphatic carbocycles. The second-order valence-electron chi connectivity index (χ2n) is 4.60. The highest BCUT2D eigenvalue weighted by Gasteiger charge is 2.18. The van der Waals surface area contributed by atoms with Gasteiger partial charge in [-0.1, -0.05) is 26.7 Å². The van der Waals surface area contributed by atoms with Gasteiger partial charge in [-0.15, -0.1) is 0 Å². The maximum Gasteiger partial charge on any atom is 0.252 e. The summed E-state index contributed by atoms with van der Waals surface area (Å²) in [4.78, 5) is 12.2. The summed E-state index contributed by atoms with van der Waals surface area (Å²) in [5.74, 6) is 0.126. The summed E-state index contributed by atoms with van der Waals surface area (Å²) in [7, 11) is 0. The molecule has 0 aromatic heterocycles. The molecule has 0 radical (unpaired) electrons. The van der Waals surface area contributed by atoms with Crippen molar-refractivity contribution in [2.45, 2.75) is 32.8 Å². The molecule has 1 atom stereocenters. The summed E-state index contributed by atoms with van der Waals surface area (Å²) in [6.07, 6.45) is 1.37. The smallest absolute Gasteiger partial charge is 0.252 e. The van der Waals surface area contributed by atoms with E-state index in [0.29, 0.717) is 12.1 Å². The third-order valence-electron chi connectivity index (χ3n) is 3.30. The lowest BCUT2D eigenvalue weighted by Gasteiger charge is -2.20. The predicted octanol–water partition coefficient (Wildman–Crippen LogP) is 4.03. The van der Waals surface area contributed by atoms with Gasteiger partial charge in [-0.3, -0.25) is 4.79 Å². The van der Waals surface area contributed by atoms with Crippen molar-refractivity contribution in [3.8, 4) is 0 Å². The lowest BCUT2D eigenvalue weighted by molar-refractivity contribution is 0.0816. The minimum Gasteiger partial charge on any atom is -0.391 e. The van der Waals surface area contributed by atoms with Crippen LogP contribution in [-0.2, 0) is 0 Å². The third kappa shape index (κ3) is 5.24. The van der Waals surface area contributed by atoms with E-state index in [-0.39, 0.29) is 11.8 Å². The molecule has 0 bridgehead atoms. The number of hydrogen-bond acceptors (Lipinski definition) is 2. The highest BCUT2D eigenvalue weighted by Crippen LogP contribution is 2.23. The fraction of sp³-hybridized carbons (Fsp3) is 0.500. The van der Waals surface area contributed by atoms with Crippen molar-refractivity contribution in [3.63, 3.8) is 0 Å². The molecule has 112 valence electrons. The maximum atomic E-state index is 12.2. The van der Waals surface area contributed by atoms with E-state index >= 15 is 0 Å². The molecule has 0 heterocycles. The summed E-state index contributed by atoms with van der Waals surface area (Å²) < 4.78 is 3.07. The quantitative estimate of drug-likeness (QED) is 0.377. The first-order valence-corrected chi connectivity index (χ1v) is 9.75. The number of amides is 1. The average Bonchev–Trinajstić information content (AvgIpc) is 2.41. The Bertz CT molecular complexity index is 476. The number of benzene rings is 1. The Balaban J connectivity index is 2.73. The molecule has 1 aromatic carbocycles. The highest BCUT2D eigenvalue weighted by molar-refractivity contribution is 14.1. The Hall–Kier alpha value is 0.840. The molecule has 0 saturated carbocycles. The monoisotopic (exact) mass is 613 g/mol. The van der Waals surface area contributed by atoms with Crippen LogP contribution in [-0.4, -0.2) is 23.7 Å². The summed E-state index contributed by atoms with van der Waals surface area (Å²) in [5.41, 5.74) is 0.679. The first kappa shape index (κ1) is 18.9. The van der Waals surface area contributed by atoms with E-state index in [0.717, 1.165) is 23.6 Å². The van der Waals surface area contributed by atoms with Gasteiger partial charge < -0.3 is 10.4 Å². The Kier molecular flexibility index (Phi) is 8.58. The second kappa shape index (κ2) is 9.09. The Morgan fingerprint density at radius 1 is 1.25 bits per heavy atom. The van der Waals surface area contributed by atoms with Crippen LogP contribution in [0.4, 0.5) is 0 Å². The Morgan fingerprint density at radius 2 is 1.85 bits per heavy atom. The zero-order chi connectivity index (χ0) is 15.3. The number of hydrogen-bond donors (Lipinski definition) is 2. The van der Waals surface area contributed by atoms with Crippen molar-refractivity contribution in [2.24, 2.45) is 5.92 Å². The van der Waals surface area contributed by atoms with Crippen molar-refractivity contribution in [1.29, 1.82) is 0 Å². The van der Waals surface area contributed by atoms with Gasteiger partial charge in [0.05, 0.1) is 11.7 Å². The molecule has 1 aromatic rings. The number of carbonyl (C=O) groups is 1. The van der Waals surface area contributed by atoms with Gasteiger partial charge in [0, 0.05) is 17.3 Å². The van der Waals surface area contributed by atoms with Gasteiger partial charge in [0.1, 0.15) is 0 Å². The molecule has 0 aliphatic heterocycles. The van der Waals surface area contributed by atoms with Crippen molar-refractivity contribution >= 4 is 73.7 Å². The lowest BCUT2D eigenvalue weighted by Crippen LogP contribution is -2.36. The van der Waals surface area contributed by atoms with Crippen LogP contribution in [0.25, 0.3) is 0 Å². The van der Waals surface area contributed by atoms with E-state index in [1.54, 1.807) is 0 Å². The first-order valence-electron chi connectivity index (χ1n) is 6.51. The van der Waals surface area contributed by atoms with Crippen LogP contribution in [0.3, 0.4) is 0 Å². The Morgan fingerprint density at radius 3 is 2.40 bits per heavy atom. The van der Waals surface area contributed by atoms with Gasteiger partial charge >= 0.3 is 0 Å². The predicted molar refractivity (Wildman–Crippen MR) is 107 cm³/mol. The average molecular weight is 613 g/mol. The second-order valence-corrected chi connectivity index (χ2v) is 8.09. The lowest BCUT2D eigenvalue weighted by atomic mass is 9.96. The number of carbonyl (C=O) groups excluding carboxylic acids is 1. The van der Waals surface area contributed by atoms with E-state index in [1.165, 1.54) is 0 Å². The summed E-state index contributed by atoms with van der Waals surface area (Å²) in [6, 6.07) is 3.92. The van der Waals surface area contributed by atoms with Gasteiger partial charge in [-0.25, -0.2) is 0 Å². The maximum absolute atomic E-state index is 12.2. The summed E-state index contributed by atoms with van der Waals surface area (Å²) >= 11 is 6.63. The van der Waals surface area contributed by atoms with Crippen LogP contribution >= 0.6 is 67.8 Å². The SMILES string of the molecule is CCC(CC)C(O)CNC(=O)c1cc(I)cc(I)c1I. The zero-order valence-electron chi connectivity index (χ0n) is 11.4. The molecule has 0 fully saturated rings. The topological polar surface area (TPSA) is 49.3 Å². The fourth-order valence-electron chi connectivity index (χ4n) is 2.01. The minimum absolute atomic E-state index is 0.115. The van der Waals surface area contributed by atoms with E-state index < -0.39 is 6.10 Å². The van der Waals surface area contributed by atoms with Crippen LogP contribution < -0.4 is 5.32 Å². The molecule has 0 aliphatic rings. The third-order valence-corrected chi connectivity index (χ3v) is 6.97.